The molecule has 1 aliphatic rings. The molecule has 28 heavy (non-hydrogen) atoms. The molecule has 0 spiro atoms. The molecule has 3 rings (SSSR count). The van der Waals surface area contributed by atoms with Gasteiger partial charge in [0.15, 0.2) is 0 Å². The van der Waals surface area contributed by atoms with E-state index in [4.69, 9.17) is 16.3 Å². The first kappa shape index (κ1) is 21.3. The van der Waals surface area contributed by atoms with E-state index in [2.05, 4.69) is 25.9 Å². The van der Waals surface area contributed by atoms with Crippen molar-refractivity contribution in [1.29, 1.82) is 0 Å². The van der Waals surface area contributed by atoms with Gasteiger partial charge in [0.05, 0.1) is 16.1 Å². The van der Waals surface area contributed by atoms with Crippen LogP contribution in [-0.2, 0) is 10.3 Å². The van der Waals surface area contributed by atoms with Gasteiger partial charge in [-0.3, -0.25) is 4.79 Å². The Morgan fingerprint density at radius 2 is 1.86 bits per heavy atom. The van der Waals surface area contributed by atoms with Crippen LogP contribution in [0.25, 0.3) is 0 Å². The van der Waals surface area contributed by atoms with E-state index in [0.29, 0.717) is 23.2 Å². The van der Waals surface area contributed by atoms with Gasteiger partial charge >= 0.3 is 5.97 Å². The van der Waals surface area contributed by atoms with E-state index in [9.17, 15) is 4.79 Å². The van der Waals surface area contributed by atoms with E-state index < -0.39 is 0 Å². The number of aryl methyl sites for hydroxylation is 1. The summed E-state index contributed by atoms with van der Waals surface area (Å²) >= 11 is 7.56. The van der Waals surface area contributed by atoms with Crippen molar-refractivity contribution in [2.45, 2.75) is 81.5 Å². The van der Waals surface area contributed by atoms with Crippen molar-refractivity contribution in [2.24, 2.45) is 5.92 Å². The number of hydrogen-bond acceptors (Lipinski definition) is 4. The molecule has 1 aliphatic carbocycles. The maximum absolute atomic E-state index is 12.7. The molecule has 1 aromatic carbocycles. The lowest BCUT2D eigenvalue weighted by molar-refractivity contribution is -0.136. The van der Waals surface area contributed by atoms with Gasteiger partial charge in [0.1, 0.15) is 0 Å². The van der Waals surface area contributed by atoms with Crippen molar-refractivity contribution >= 4 is 29.3 Å². The Hall–Kier alpha value is -1.46. The Morgan fingerprint density at radius 1 is 1.21 bits per heavy atom. The second-order valence-electron chi connectivity index (χ2n) is 8.54. The number of aromatic nitrogens is 2. The number of carbonyl (C=O) groups is 1. The smallest absolute Gasteiger partial charge is 0.312 e. The molecule has 0 amide bonds. The second-order valence-corrected chi connectivity index (χ2v) is 10.1. The maximum Gasteiger partial charge on any atom is 0.312 e. The molecule has 0 N–H and O–H groups in total. The van der Waals surface area contributed by atoms with Crippen LogP contribution in [0.5, 0.6) is 5.88 Å². The summed E-state index contributed by atoms with van der Waals surface area (Å²) in [7, 11) is 0. The zero-order valence-corrected chi connectivity index (χ0v) is 18.7. The lowest BCUT2D eigenvalue weighted by Crippen LogP contribution is -2.26. The maximum atomic E-state index is 12.7. The highest BCUT2D eigenvalue weighted by atomic mass is 35.5. The standard InChI is InChI=1S/C22H29ClN2O2S/c1-15-20(28-18-12-10-17(23)11-13-18)21(25(24-15)22(2,3)4)27-19(26)14-16-8-6-5-7-9-16/h10-13,16H,5-9,14H2,1-4H3. The predicted molar refractivity (Wildman–Crippen MR) is 114 cm³/mol. The highest BCUT2D eigenvalue weighted by molar-refractivity contribution is 7.99. The first-order valence-corrected chi connectivity index (χ1v) is 11.2. The van der Waals surface area contributed by atoms with Gasteiger partial charge in [-0.1, -0.05) is 42.6 Å². The minimum absolute atomic E-state index is 0.157. The van der Waals surface area contributed by atoms with E-state index in [1.165, 1.54) is 19.3 Å². The first-order valence-electron chi connectivity index (χ1n) is 9.98. The molecule has 0 radical (unpaired) electrons. The Bertz CT molecular complexity index is 818. The third-order valence-corrected chi connectivity index (χ3v) is 6.46. The zero-order valence-electron chi connectivity index (χ0n) is 17.1. The molecule has 1 fully saturated rings. The van der Waals surface area contributed by atoms with Crippen LogP contribution in [0.2, 0.25) is 5.02 Å². The molecule has 0 atom stereocenters. The Kier molecular flexibility index (Phi) is 6.77. The minimum atomic E-state index is -0.288. The summed E-state index contributed by atoms with van der Waals surface area (Å²) < 4.78 is 7.77. The number of rotatable bonds is 5. The summed E-state index contributed by atoms with van der Waals surface area (Å²) in [4.78, 5) is 14.6. The molecule has 0 saturated heterocycles. The van der Waals surface area contributed by atoms with E-state index in [-0.39, 0.29) is 11.5 Å². The first-order chi connectivity index (χ1) is 13.2. The van der Waals surface area contributed by atoms with Crippen LogP contribution in [-0.4, -0.2) is 15.7 Å². The summed E-state index contributed by atoms with van der Waals surface area (Å²) in [6.07, 6.45) is 6.45. The minimum Gasteiger partial charge on any atom is -0.406 e. The zero-order chi connectivity index (χ0) is 20.3. The predicted octanol–water partition coefficient (Wildman–Crippen LogP) is 6.63. The van der Waals surface area contributed by atoms with Crippen LogP contribution >= 0.6 is 23.4 Å². The molecule has 1 saturated carbocycles. The molecule has 0 aliphatic heterocycles. The van der Waals surface area contributed by atoms with Crippen molar-refractivity contribution in [3.8, 4) is 5.88 Å². The monoisotopic (exact) mass is 420 g/mol. The summed E-state index contributed by atoms with van der Waals surface area (Å²) in [5, 5.41) is 5.39. The number of ether oxygens (including phenoxy) is 1. The van der Waals surface area contributed by atoms with Crippen molar-refractivity contribution in [3.63, 3.8) is 0 Å². The number of hydrogen-bond donors (Lipinski definition) is 0. The Labute approximate surface area is 177 Å². The number of benzene rings is 1. The Balaban J connectivity index is 1.85. The fraction of sp³-hybridized carbons (Fsp3) is 0.545. The van der Waals surface area contributed by atoms with Crippen LogP contribution in [0.3, 0.4) is 0 Å². The summed E-state index contributed by atoms with van der Waals surface area (Å²) in [6, 6.07) is 7.66. The Morgan fingerprint density at radius 3 is 2.46 bits per heavy atom. The summed E-state index contributed by atoms with van der Waals surface area (Å²) in [5.41, 5.74) is 0.569. The van der Waals surface area contributed by atoms with Crippen molar-refractivity contribution in [2.75, 3.05) is 0 Å². The van der Waals surface area contributed by atoms with Crippen molar-refractivity contribution in [1.82, 2.24) is 9.78 Å². The molecule has 6 heteroatoms. The molecular formula is C22H29ClN2O2S. The second kappa shape index (κ2) is 8.91. The van der Waals surface area contributed by atoms with E-state index in [0.717, 1.165) is 28.3 Å². The van der Waals surface area contributed by atoms with Crippen LogP contribution in [0.1, 0.15) is 65.0 Å². The van der Waals surface area contributed by atoms with E-state index in [1.807, 2.05) is 35.9 Å². The van der Waals surface area contributed by atoms with Crippen LogP contribution < -0.4 is 4.74 Å². The third kappa shape index (κ3) is 5.32. The summed E-state index contributed by atoms with van der Waals surface area (Å²) in [5.74, 6) is 0.835. The van der Waals surface area contributed by atoms with Gasteiger partial charge in [0.2, 0.25) is 5.88 Å². The van der Waals surface area contributed by atoms with Crippen molar-refractivity contribution in [3.05, 3.63) is 35.0 Å². The number of esters is 1. The van der Waals surface area contributed by atoms with Gasteiger partial charge in [-0.25, -0.2) is 4.68 Å². The molecule has 4 nitrogen and oxygen atoms in total. The highest BCUT2D eigenvalue weighted by Gasteiger charge is 2.28. The van der Waals surface area contributed by atoms with Crippen molar-refractivity contribution < 1.29 is 9.53 Å². The van der Waals surface area contributed by atoms with Gasteiger partial charge in [0.25, 0.3) is 0 Å². The lowest BCUT2D eigenvalue weighted by atomic mass is 9.87. The number of nitrogens with zero attached hydrogens (tertiary/aromatic N) is 2. The molecular weight excluding hydrogens is 392 g/mol. The molecule has 1 aromatic heterocycles. The normalized spacial score (nSPS) is 15.6. The third-order valence-electron chi connectivity index (χ3n) is 5.02. The quantitative estimate of drug-likeness (QED) is 0.509. The highest BCUT2D eigenvalue weighted by Crippen LogP contribution is 2.40. The topological polar surface area (TPSA) is 44.1 Å². The van der Waals surface area contributed by atoms with Gasteiger partial charge in [0, 0.05) is 16.3 Å². The fourth-order valence-electron chi connectivity index (χ4n) is 3.55. The van der Waals surface area contributed by atoms with Crippen LogP contribution in [0.15, 0.2) is 34.1 Å². The summed E-state index contributed by atoms with van der Waals surface area (Å²) in [6.45, 7) is 8.15. The van der Waals surface area contributed by atoms with Gasteiger partial charge < -0.3 is 4.74 Å². The molecule has 0 unspecified atom stereocenters. The lowest BCUT2D eigenvalue weighted by Gasteiger charge is -2.23. The average Bonchev–Trinajstić information content (AvgIpc) is 2.94. The van der Waals surface area contributed by atoms with E-state index in [1.54, 1.807) is 11.8 Å². The SMILES string of the molecule is Cc1nn(C(C)(C)C)c(OC(=O)CC2CCCCC2)c1Sc1ccc(Cl)cc1. The van der Waals surface area contributed by atoms with Crippen LogP contribution in [0.4, 0.5) is 0 Å². The van der Waals surface area contributed by atoms with Gasteiger partial charge in [-0.15, -0.1) is 0 Å². The van der Waals surface area contributed by atoms with Crippen LogP contribution in [0, 0.1) is 12.8 Å². The average molecular weight is 421 g/mol. The fourth-order valence-corrected chi connectivity index (χ4v) is 4.59. The molecule has 152 valence electrons. The van der Waals surface area contributed by atoms with E-state index >= 15 is 0 Å². The van der Waals surface area contributed by atoms with Gasteiger partial charge in [-0.05, 0) is 70.7 Å². The van der Waals surface area contributed by atoms with Gasteiger partial charge in [-0.2, -0.15) is 5.10 Å². The molecule has 1 heterocycles. The largest absolute Gasteiger partial charge is 0.406 e. The molecule has 2 aromatic rings. The number of carbonyl (C=O) groups excluding carboxylic acids is 1. The molecule has 0 bridgehead atoms. The number of halogens is 1.